The Labute approximate surface area is 117 Å². The second kappa shape index (κ2) is 6.17. The summed E-state index contributed by atoms with van der Waals surface area (Å²) in [7, 11) is 0. The number of nitro benzene ring substituents is 1. The summed E-state index contributed by atoms with van der Waals surface area (Å²) < 4.78 is 14.1. The Kier molecular flexibility index (Phi) is 4.54. The fourth-order valence-corrected chi connectivity index (χ4v) is 2.88. The number of nitrogens with two attached hydrogens (primary N) is 1. The van der Waals surface area contributed by atoms with E-state index in [1.165, 1.54) is 12.1 Å². The van der Waals surface area contributed by atoms with E-state index in [-0.39, 0.29) is 17.8 Å². The minimum Gasteiger partial charge on any atom is -0.366 e. The molecule has 20 heavy (non-hydrogen) atoms. The number of benzene rings is 1. The molecule has 0 unspecified atom stereocenters. The first-order valence-corrected chi connectivity index (χ1v) is 6.99. The molecule has 6 heteroatoms. The van der Waals surface area contributed by atoms with Gasteiger partial charge in [-0.3, -0.25) is 10.1 Å². The average molecular weight is 281 g/mol. The number of hydrogen-bond acceptors (Lipinski definition) is 4. The van der Waals surface area contributed by atoms with Gasteiger partial charge in [0.15, 0.2) is 5.82 Å². The standard InChI is InChI=1S/C14H20FN3O2/c1-2-17(11-5-3-10(16)4-6-11)14-8-7-12(18(19)20)9-13(14)15/h7-11H,2-6,16H2,1H3. The number of rotatable bonds is 4. The molecule has 2 rings (SSSR count). The van der Waals surface area contributed by atoms with Crippen molar-refractivity contribution in [2.45, 2.75) is 44.7 Å². The Balaban J connectivity index is 2.21. The molecule has 1 aliphatic carbocycles. The summed E-state index contributed by atoms with van der Waals surface area (Å²) in [6.45, 7) is 2.64. The maximum absolute atomic E-state index is 14.1. The highest BCUT2D eigenvalue weighted by atomic mass is 19.1. The first-order valence-electron chi connectivity index (χ1n) is 6.99. The predicted octanol–water partition coefficient (Wildman–Crippen LogP) is 2.83. The summed E-state index contributed by atoms with van der Waals surface area (Å²) in [6.07, 6.45) is 3.75. The van der Waals surface area contributed by atoms with Crippen LogP contribution in [0.2, 0.25) is 0 Å². The van der Waals surface area contributed by atoms with Crippen molar-refractivity contribution >= 4 is 11.4 Å². The molecule has 5 nitrogen and oxygen atoms in total. The number of hydrogen-bond donors (Lipinski definition) is 1. The van der Waals surface area contributed by atoms with Gasteiger partial charge in [0.05, 0.1) is 16.7 Å². The first kappa shape index (κ1) is 14.7. The third-order valence-electron chi connectivity index (χ3n) is 3.97. The second-order valence-electron chi connectivity index (χ2n) is 5.25. The van der Waals surface area contributed by atoms with Gasteiger partial charge in [0.2, 0.25) is 0 Å². The van der Waals surface area contributed by atoms with E-state index < -0.39 is 10.7 Å². The summed E-state index contributed by atoms with van der Waals surface area (Å²) in [4.78, 5) is 12.1. The molecule has 1 fully saturated rings. The fraction of sp³-hybridized carbons (Fsp3) is 0.571. The molecule has 0 aromatic heterocycles. The van der Waals surface area contributed by atoms with E-state index in [1.54, 1.807) is 0 Å². The second-order valence-corrected chi connectivity index (χ2v) is 5.25. The average Bonchev–Trinajstić information content (AvgIpc) is 2.43. The molecule has 110 valence electrons. The Hall–Kier alpha value is -1.69. The van der Waals surface area contributed by atoms with Crippen LogP contribution >= 0.6 is 0 Å². The Bertz CT molecular complexity index is 487. The number of nitro groups is 1. The minimum atomic E-state index is -0.581. The van der Waals surface area contributed by atoms with Crippen molar-refractivity contribution in [3.05, 3.63) is 34.1 Å². The monoisotopic (exact) mass is 281 g/mol. The van der Waals surface area contributed by atoms with Crippen molar-refractivity contribution < 1.29 is 9.31 Å². The van der Waals surface area contributed by atoms with Gasteiger partial charge in [0, 0.05) is 24.7 Å². The molecule has 0 spiro atoms. The van der Waals surface area contributed by atoms with Gasteiger partial charge in [-0.25, -0.2) is 4.39 Å². The summed E-state index contributed by atoms with van der Waals surface area (Å²) in [5.74, 6) is -0.532. The SMILES string of the molecule is CCN(c1ccc([N+](=O)[O-])cc1F)C1CCC(N)CC1. The van der Waals surface area contributed by atoms with Gasteiger partial charge in [0.25, 0.3) is 5.69 Å². The van der Waals surface area contributed by atoms with Crippen molar-refractivity contribution in [3.8, 4) is 0 Å². The van der Waals surface area contributed by atoms with Gasteiger partial charge >= 0.3 is 0 Å². The van der Waals surface area contributed by atoms with E-state index in [4.69, 9.17) is 5.73 Å². The highest BCUT2D eigenvalue weighted by Gasteiger charge is 2.25. The molecule has 0 amide bonds. The van der Waals surface area contributed by atoms with Crippen LogP contribution < -0.4 is 10.6 Å². The molecule has 0 atom stereocenters. The summed E-state index contributed by atoms with van der Waals surface area (Å²) >= 11 is 0. The molecule has 1 saturated carbocycles. The molecule has 0 heterocycles. The zero-order valence-corrected chi connectivity index (χ0v) is 11.6. The predicted molar refractivity (Wildman–Crippen MR) is 76.3 cm³/mol. The van der Waals surface area contributed by atoms with Crippen LogP contribution in [0.5, 0.6) is 0 Å². The van der Waals surface area contributed by atoms with Crippen LogP contribution in [0, 0.1) is 15.9 Å². The number of non-ortho nitro benzene ring substituents is 1. The first-order chi connectivity index (χ1) is 9.52. The minimum absolute atomic E-state index is 0.215. The van der Waals surface area contributed by atoms with E-state index in [1.807, 2.05) is 11.8 Å². The highest BCUT2D eigenvalue weighted by Crippen LogP contribution is 2.30. The topological polar surface area (TPSA) is 72.4 Å². The normalized spacial score (nSPS) is 22.6. The van der Waals surface area contributed by atoms with Gasteiger partial charge in [0.1, 0.15) is 0 Å². The van der Waals surface area contributed by atoms with Crippen LogP contribution in [0.4, 0.5) is 15.8 Å². The van der Waals surface area contributed by atoms with Gasteiger partial charge < -0.3 is 10.6 Å². The Morgan fingerprint density at radius 2 is 2.05 bits per heavy atom. The summed E-state index contributed by atoms with van der Waals surface area (Å²) in [6, 6.07) is 4.36. The molecular formula is C14H20FN3O2. The van der Waals surface area contributed by atoms with Crippen molar-refractivity contribution in [3.63, 3.8) is 0 Å². The van der Waals surface area contributed by atoms with Crippen molar-refractivity contribution in [2.75, 3.05) is 11.4 Å². The lowest BCUT2D eigenvalue weighted by Gasteiger charge is -2.37. The smallest absolute Gasteiger partial charge is 0.272 e. The molecule has 1 aromatic rings. The third-order valence-corrected chi connectivity index (χ3v) is 3.97. The van der Waals surface area contributed by atoms with Crippen LogP contribution in [0.1, 0.15) is 32.6 Å². The fourth-order valence-electron chi connectivity index (χ4n) is 2.88. The van der Waals surface area contributed by atoms with Gasteiger partial charge in [-0.15, -0.1) is 0 Å². The quantitative estimate of drug-likeness (QED) is 0.680. The van der Waals surface area contributed by atoms with Crippen molar-refractivity contribution in [1.29, 1.82) is 0 Å². The number of anilines is 1. The van der Waals surface area contributed by atoms with Crippen molar-refractivity contribution in [2.24, 2.45) is 5.73 Å². The zero-order valence-electron chi connectivity index (χ0n) is 11.6. The van der Waals surface area contributed by atoms with Crippen LogP contribution in [0.25, 0.3) is 0 Å². The summed E-state index contributed by atoms with van der Waals surface area (Å²) in [5, 5.41) is 10.7. The van der Waals surface area contributed by atoms with Crippen LogP contribution in [0.15, 0.2) is 18.2 Å². The zero-order chi connectivity index (χ0) is 14.7. The van der Waals surface area contributed by atoms with Crippen molar-refractivity contribution in [1.82, 2.24) is 0 Å². The van der Waals surface area contributed by atoms with E-state index in [0.29, 0.717) is 12.2 Å². The highest BCUT2D eigenvalue weighted by molar-refractivity contribution is 5.53. The maximum Gasteiger partial charge on any atom is 0.272 e. The van der Waals surface area contributed by atoms with E-state index in [0.717, 1.165) is 31.7 Å². The Morgan fingerprint density at radius 3 is 2.55 bits per heavy atom. The molecule has 1 aromatic carbocycles. The maximum atomic E-state index is 14.1. The van der Waals surface area contributed by atoms with E-state index >= 15 is 0 Å². The van der Waals surface area contributed by atoms with Crippen LogP contribution in [-0.4, -0.2) is 23.6 Å². The van der Waals surface area contributed by atoms with E-state index in [9.17, 15) is 14.5 Å². The van der Waals surface area contributed by atoms with Gasteiger partial charge in [-0.2, -0.15) is 0 Å². The third kappa shape index (κ3) is 3.07. The molecule has 0 saturated heterocycles. The largest absolute Gasteiger partial charge is 0.366 e. The molecule has 2 N–H and O–H groups in total. The Morgan fingerprint density at radius 1 is 1.40 bits per heavy atom. The van der Waals surface area contributed by atoms with Crippen LogP contribution in [0.3, 0.4) is 0 Å². The van der Waals surface area contributed by atoms with Gasteiger partial charge in [-0.1, -0.05) is 0 Å². The molecule has 0 aliphatic heterocycles. The number of nitrogens with zero attached hydrogens (tertiary/aromatic N) is 2. The molecule has 1 aliphatic rings. The molecule has 0 bridgehead atoms. The lowest BCUT2D eigenvalue weighted by molar-refractivity contribution is -0.385. The summed E-state index contributed by atoms with van der Waals surface area (Å²) in [5.41, 5.74) is 6.12. The lowest BCUT2D eigenvalue weighted by atomic mass is 9.90. The molecule has 0 radical (unpaired) electrons. The molecular weight excluding hydrogens is 261 g/mol. The van der Waals surface area contributed by atoms with Gasteiger partial charge in [-0.05, 0) is 38.7 Å². The van der Waals surface area contributed by atoms with E-state index in [2.05, 4.69) is 0 Å². The number of halogens is 1. The van der Waals surface area contributed by atoms with Crippen LogP contribution in [-0.2, 0) is 0 Å². The lowest BCUT2D eigenvalue weighted by Crippen LogP contribution is -2.41.